The van der Waals surface area contributed by atoms with Gasteiger partial charge in [0.15, 0.2) is 0 Å². The summed E-state index contributed by atoms with van der Waals surface area (Å²) in [6, 6.07) is 22.3. The molecule has 0 aliphatic rings. The zero-order chi connectivity index (χ0) is 22.8. The van der Waals surface area contributed by atoms with Crippen molar-refractivity contribution >= 4 is 35.1 Å². The summed E-state index contributed by atoms with van der Waals surface area (Å²) < 4.78 is 0. The third kappa shape index (κ3) is 4.60. The fourth-order valence-electron chi connectivity index (χ4n) is 4.27. The minimum absolute atomic E-state index is 1.23. The number of hydrogen-bond donors (Lipinski definition) is 0. The van der Waals surface area contributed by atoms with Crippen LogP contribution in [0.15, 0.2) is 60.7 Å². The van der Waals surface area contributed by atoms with Crippen LogP contribution >= 0.6 is 0 Å². The fourth-order valence-corrected chi connectivity index (χ4v) is 4.27. The molecule has 4 aromatic rings. The standard InChI is InChI=1S/C32H32/c1-21-15-27(16-22(2)25(21)5)11-13-31-19-29-9-7-8-10-30(29)20-32(31)14-12-28-17-23(3)26(6)24(4)18-28/h7-20H,1-6H3/b13-11-,14-12-. The van der Waals surface area contributed by atoms with E-state index < -0.39 is 0 Å². The molecule has 160 valence electrons. The van der Waals surface area contributed by atoms with E-state index >= 15 is 0 Å². The highest BCUT2D eigenvalue weighted by Gasteiger charge is 2.04. The molecule has 0 aliphatic heterocycles. The Morgan fingerprint density at radius 3 is 1.12 bits per heavy atom. The van der Waals surface area contributed by atoms with Crippen molar-refractivity contribution < 1.29 is 0 Å². The first-order valence-electron chi connectivity index (χ1n) is 11.4. The highest BCUT2D eigenvalue weighted by molar-refractivity contribution is 5.91. The normalized spacial score (nSPS) is 11.8. The smallest absolute Gasteiger partial charge is 0.0177 e. The van der Waals surface area contributed by atoms with E-state index in [9.17, 15) is 0 Å². The van der Waals surface area contributed by atoms with Crippen LogP contribution in [0.5, 0.6) is 0 Å². The average Bonchev–Trinajstić information content (AvgIpc) is 2.77. The number of benzene rings is 4. The van der Waals surface area contributed by atoms with Crippen LogP contribution in [0.2, 0.25) is 0 Å². The molecule has 4 aromatic carbocycles. The Hall–Kier alpha value is -3.38. The molecule has 0 saturated heterocycles. The Balaban J connectivity index is 1.77. The molecule has 32 heavy (non-hydrogen) atoms. The van der Waals surface area contributed by atoms with Crippen LogP contribution in [0, 0.1) is 41.5 Å². The van der Waals surface area contributed by atoms with Crippen LogP contribution in [0.1, 0.15) is 55.6 Å². The van der Waals surface area contributed by atoms with E-state index in [-0.39, 0.29) is 0 Å². The lowest BCUT2D eigenvalue weighted by molar-refractivity contribution is 1.26. The topological polar surface area (TPSA) is 0 Å². The SMILES string of the molecule is Cc1cc(/C=C\c2cc3ccccc3cc2/C=C\c2cc(C)c(C)c(C)c2)cc(C)c1C. The van der Waals surface area contributed by atoms with Crippen LogP contribution in [0.4, 0.5) is 0 Å². The predicted octanol–water partition coefficient (Wildman–Crippen LogP) is 9.03. The Bertz CT molecular complexity index is 1210. The molecule has 0 heterocycles. The maximum atomic E-state index is 2.30. The molecule has 0 heteroatoms. The zero-order valence-electron chi connectivity index (χ0n) is 20.1. The van der Waals surface area contributed by atoms with Gasteiger partial charge in [-0.25, -0.2) is 0 Å². The Morgan fingerprint density at radius 2 is 0.781 bits per heavy atom. The fraction of sp³-hybridized carbons (Fsp3) is 0.188. The maximum absolute atomic E-state index is 2.30. The molecular weight excluding hydrogens is 384 g/mol. The van der Waals surface area contributed by atoms with Gasteiger partial charge in [0.2, 0.25) is 0 Å². The van der Waals surface area contributed by atoms with Gasteiger partial charge < -0.3 is 0 Å². The second kappa shape index (κ2) is 9.01. The molecule has 0 fully saturated rings. The summed E-state index contributed by atoms with van der Waals surface area (Å²) >= 11 is 0. The third-order valence-corrected chi connectivity index (χ3v) is 6.76. The molecule has 0 saturated carbocycles. The second-order valence-electron chi connectivity index (χ2n) is 9.05. The van der Waals surface area contributed by atoms with Crippen molar-refractivity contribution in [1.82, 2.24) is 0 Å². The number of rotatable bonds is 4. The van der Waals surface area contributed by atoms with Gasteiger partial charge in [-0.3, -0.25) is 0 Å². The summed E-state index contributed by atoms with van der Waals surface area (Å²) in [6.45, 7) is 13.1. The lowest BCUT2D eigenvalue weighted by atomic mass is 9.96. The van der Waals surface area contributed by atoms with Crippen LogP contribution < -0.4 is 0 Å². The van der Waals surface area contributed by atoms with Gasteiger partial charge in [-0.2, -0.15) is 0 Å². The van der Waals surface area contributed by atoms with Crippen LogP contribution in [0.3, 0.4) is 0 Å². The van der Waals surface area contributed by atoms with Gasteiger partial charge in [0, 0.05) is 0 Å². The summed E-state index contributed by atoms with van der Waals surface area (Å²) in [5, 5.41) is 2.53. The Morgan fingerprint density at radius 1 is 0.438 bits per heavy atom. The van der Waals surface area contributed by atoms with Crippen molar-refractivity contribution in [2.45, 2.75) is 41.5 Å². The third-order valence-electron chi connectivity index (χ3n) is 6.76. The van der Waals surface area contributed by atoms with Crippen LogP contribution in [-0.2, 0) is 0 Å². The van der Waals surface area contributed by atoms with Crippen molar-refractivity contribution in [3.63, 3.8) is 0 Å². The van der Waals surface area contributed by atoms with Gasteiger partial charge in [0.05, 0.1) is 0 Å². The molecule has 0 bridgehead atoms. The van der Waals surface area contributed by atoms with Gasteiger partial charge in [-0.15, -0.1) is 0 Å². The molecule has 0 aliphatic carbocycles. The first-order valence-corrected chi connectivity index (χ1v) is 11.4. The van der Waals surface area contributed by atoms with Crippen molar-refractivity contribution in [3.05, 3.63) is 116 Å². The zero-order valence-corrected chi connectivity index (χ0v) is 20.1. The van der Waals surface area contributed by atoms with E-state index in [1.54, 1.807) is 0 Å². The molecule has 4 rings (SSSR count). The highest BCUT2D eigenvalue weighted by atomic mass is 14.1. The Labute approximate surface area is 192 Å². The molecule has 0 aromatic heterocycles. The quantitative estimate of drug-likeness (QED) is 0.291. The summed E-state index contributed by atoms with van der Waals surface area (Å²) in [5.41, 5.74) is 13.1. The van der Waals surface area contributed by atoms with E-state index in [2.05, 4.69) is 127 Å². The molecule has 0 atom stereocenters. The summed E-state index contributed by atoms with van der Waals surface area (Å²) in [5.74, 6) is 0. The summed E-state index contributed by atoms with van der Waals surface area (Å²) in [4.78, 5) is 0. The van der Waals surface area contributed by atoms with Crippen LogP contribution in [-0.4, -0.2) is 0 Å². The number of fused-ring (bicyclic) bond motifs is 1. The van der Waals surface area contributed by atoms with Gasteiger partial charge in [-0.05, 0) is 120 Å². The maximum Gasteiger partial charge on any atom is -0.0177 e. The average molecular weight is 417 g/mol. The van der Waals surface area contributed by atoms with Gasteiger partial charge in [0.25, 0.3) is 0 Å². The molecule has 0 nitrogen and oxygen atoms in total. The highest BCUT2D eigenvalue weighted by Crippen LogP contribution is 2.25. The van der Waals surface area contributed by atoms with Gasteiger partial charge >= 0.3 is 0 Å². The van der Waals surface area contributed by atoms with Gasteiger partial charge in [-0.1, -0.05) is 72.8 Å². The van der Waals surface area contributed by atoms with E-state index in [1.807, 2.05) is 0 Å². The minimum Gasteiger partial charge on any atom is -0.0616 e. The first kappa shape index (κ1) is 21.8. The largest absolute Gasteiger partial charge is 0.0616 e. The van der Waals surface area contributed by atoms with E-state index in [4.69, 9.17) is 0 Å². The van der Waals surface area contributed by atoms with E-state index in [1.165, 1.54) is 66.4 Å². The van der Waals surface area contributed by atoms with Crippen molar-refractivity contribution in [3.8, 4) is 0 Å². The molecule has 0 N–H and O–H groups in total. The molecule has 0 spiro atoms. The lowest BCUT2D eigenvalue weighted by Crippen LogP contribution is -1.89. The molecule has 0 amide bonds. The monoisotopic (exact) mass is 416 g/mol. The van der Waals surface area contributed by atoms with Crippen LogP contribution in [0.25, 0.3) is 35.1 Å². The lowest BCUT2D eigenvalue weighted by Gasteiger charge is -2.09. The first-order chi connectivity index (χ1) is 15.3. The van der Waals surface area contributed by atoms with E-state index in [0.717, 1.165) is 0 Å². The Kier molecular flexibility index (Phi) is 6.15. The predicted molar refractivity (Wildman–Crippen MR) is 143 cm³/mol. The molecule has 0 radical (unpaired) electrons. The molecule has 0 unspecified atom stereocenters. The van der Waals surface area contributed by atoms with Crippen molar-refractivity contribution in [1.29, 1.82) is 0 Å². The van der Waals surface area contributed by atoms with Crippen molar-refractivity contribution in [2.24, 2.45) is 0 Å². The summed E-state index contributed by atoms with van der Waals surface area (Å²) in [7, 11) is 0. The summed E-state index contributed by atoms with van der Waals surface area (Å²) in [6.07, 6.45) is 8.98. The second-order valence-corrected chi connectivity index (χ2v) is 9.05. The number of aryl methyl sites for hydroxylation is 4. The molecular formula is C32H32. The van der Waals surface area contributed by atoms with E-state index in [0.29, 0.717) is 0 Å². The number of hydrogen-bond acceptors (Lipinski definition) is 0. The van der Waals surface area contributed by atoms with Gasteiger partial charge in [0.1, 0.15) is 0 Å². The van der Waals surface area contributed by atoms with Crippen molar-refractivity contribution in [2.75, 3.05) is 0 Å². The minimum atomic E-state index is 1.23.